The lowest BCUT2D eigenvalue weighted by molar-refractivity contribution is 0.106. The van der Waals surface area contributed by atoms with Crippen LogP contribution in [-0.4, -0.2) is 32.9 Å². The van der Waals surface area contributed by atoms with Crippen LogP contribution in [0.3, 0.4) is 0 Å². The van der Waals surface area contributed by atoms with Crippen molar-refractivity contribution in [2.75, 3.05) is 31.0 Å². The Morgan fingerprint density at radius 2 is 2.04 bits per heavy atom. The van der Waals surface area contributed by atoms with E-state index in [4.69, 9.17) is 9.47 Å². The van der Waals surface area contributed by atoms with E-state index in [1.54, 1.807) is 25.0 Å². The van der Waals surface area contributed by atoms with Crippen LogP contribution < -0.4 is 15.0 Å². The molecule has 0 bridgehead atoms. The summed E-state index contributed by atoms with van der Waals surface area (Å²) >= 11 is 0. The summed E-state index contributed by atoms with van der Waals surface area (Å²) in [5.74, 6) is -0.365. The first-order chi connectivity index (χ1) is 12.0. The van der Waals surface area contributed by atoms with E-state index in [0.717, 1.165) is 23.2 Å². The molecule has 1 unspecified atom stereocenters. The number of carbonyl (C=O) groups excluding carboxylic acids is 1. The molecule has 1 aliphatic rings. The number of nitrogens with zero attached hydrogens (tertiary/aromatic N) is 1. The van der Waals surface area contributed by atoms with E-state index in [2.05, 4.69) is 5.32 Å². The van der Waals surface area contributed by atoms with Gasteiger partial charge in [-0.25, -0.2) is 9.18 Å². The second-order valence-electron chi connectivity index (χ2n) is 6.03. The third kappa shape index (κ3) is 3.44. The van der Waals surface area contributed by atoms with Gasteiger partial charge >= 0.3 is 6.03 Å². The Balaban J connectivity index is 1.87. The number of para-hydroxylation sites is 1. The van der Waals surface area contributed by atoms with Gasteiger partial charge < -0.3 is 14.8 Å². The first-order valence-electron chi connectivity index (χ1n) is 8.06. The fourth-order valence-electron chi connectivity index (χ4n) is 3.04. The first kappa shape index (κ1) is 17.2. The molecule has 2 amide bonds. The average molecular weight is 344 g/mol. The highest BCUT2D eigenvalue weighted by Crippen LogP contribution is 2.30. The van der Waals surface area contributed by atoms with Crippen molar-refractivity contribution < 1.29 is 18.7 Å². The van der Waals surface area contributed by atoms with Gasteiger partial charge in [-0.2, -0.15) is 0 Å². The zero-order chi connectivity index (χ0) is 18.0. The predicted molar refractivity (Wildman–Crippen MR) is 95.0 cm³/mol. The number of fused-ring (bicyclic) bond motifs is 1. The van der Waals surface area contributed by atoms with Crippen LogP contribution in [0.25, 0.3) is 0 Å². The standard InChI is InChI=1S/C19H21FN2O3/c1-12-8-18(25-3)15(20)10-16(12)21-19(23)22-11-14(24-2)9-13-6-4-5-7-17(13)22/h4-8,10,14H,9,11H2,1-3H3,(H,21,23). The SMILES string of the molecule is COc1cc(C)c(NC(=O)N2CC(OC)Cc3ccccc32)cc1F. The second-order valence-corrected chi connectivity index (χ2v) is 6.03. The highest BCUT2D eigenvalue weighted by atomic mass is 19.1. The number of hydrogen-bond acceptors (Lipinski definition) is 3. The number of halogens is 1. The molecule has 0 saturated carbocycles. The number of anilines is 2. The maximum atomic E-state index is 14.0. The van der Waals surface area contributed by atoms with E-state index in [0.29, 0.717) is 12.2 Å². The second kappa shape index (κ2) is 7.11. The Morgan fingerprint density at radius 1 is 1.28 bits per heavy atom. The number of benzene rings is 2. The monoisotopic (exact) mass is 344 g/mol. The molecule has 5 nitrogen and oxygen atoms in total. The topological polar surface area (TPSA) is 50.8 Å². The number of hydrogen-bond donors (Lipinski definition) is 1. The normalized spacial score (nSPS) is 16.3. The third-order valence-electron chi connectivity index (χ3n) is 4.44. The smallest absolute Gasteiger partial charge is 0.326 e. The van der Waals surface area contributed by atoms with Gasteiger partial charge in [-0.05, 0) is 30.2 Å². The van der Waals surface area contributed by atoms with Crippen molar-refractivity contribution in [1.29, 1.82) is 0 Å². The van der Waals surface area contributed by atoms with Gasteiger partial charge in [-0.15, -0.1) is 0 Å². The molecule has 0 spiro atoms. The number of amides is 2. The van der Waals surface area contributed by atoms with Crippen molar-refractivity contribution in [3.8, 4) is 5.75 Å². The van der Waals surface area contributed by atoms with Crippen LogP contribution in [0.5, 0.6) is 5.75 Å². The van der Waals surface area contributed by atoms with Gasteiger partial charge in [-0.3, -0.25) is 4.90 Å². The molecule has 25 heavy (non-hydrogen) atoms. The molecule has 1 N–H and O–H groups in total. The summed E-state index contributed by atoms with van der Waals surface area (Å²) in [7, 11) is 3.04. The Morgan fingerprint density at radius 3 is 2.76 bits per heavy atom. The Hall–Kier alpha value is -2.60. The zero-order valence-corrected chi connectivity index (χ0v) is 14.5. The lowest BCUT2D eigenvalue weighted by atomic mass is 10.00. The molecule has 0 aromatic heterocycles. The highest BCUT2D eigenvalue weighted by Gasteiger charge is 2.28. The van der Waals surface area contributed by atoms with Gasteiger partial charge in [0.2, 0.25) is 0 Å². The van der Waals surface area contributed by atoms with Gasteiger partial charge in [0.1, 0.15) is 0 Å². The number of urea groups is 1. The lowest BCUT2D eigenvalue weighted by Crippen LogP contribution is -2.45. The van der Waals surface area contributed by atoms with Crippen LogP contribution in [0.4, 0.5) is 20.6 Å². The van der Waals surface area contributed by atoms with E-state index in [1.807, 2.05) is 24.3 Å². The molecule has 2 aromatic rings. The van der Waals surface area contributed by atoms with Gasteiger partial charge in [0.15, 0.2) is 11.6 Å². The zero-order valence-electron chi connectivity index (χ0n) is 14.5. The summed E-state index contributed by atoms with van der Waals surface area (Å²) < 4.78 is 24.4. The Labute approximate surface area is 146 Å². The van der Waals surface area contributed by atoms with Gasteiger partial charge in [-0.1, -0.05) is 18.2 Å². The highest BCUT2D eigenvalue weighted by molar-refractivity contribution is 6.03. The van der Waals surface area contributed by atoms with Crippen LogP contribution >= 0.6 is 0 Å². The first-order valence-corrected chi connectivity index (χ1v) is 8.06. The van der Waals surface area contributed by atoms with Crippen molar-refractivity contribution >= 4 is 17.4 Å². The molecule has 3 rings (SSSR count). The molecule has 6 heteroatoms. The van der Waals surface area contributed by atoms with E-state index in [9.17, 15) is 9.18 Å². The minimum absolute atomic E-state index is 0.0747. The summed E-state index contributed by atoms with van der Waals surface area (Å²) in [4.78, 5) is 14.4. The fraction of sp³-hybridized carbons (Fsp3) is 0.316. The molecule has 0 saturated heterocycles. The number of methoxy groups -OCH3 is 2. The minimum Gasteiger partial charge on any atom is -0.494 e. The molecule has 0 aliphatic carbocycles. The van der Waals surface area contributed by atoms with Crippen molar-refractivity contribution in [3.63, 3.8) is 0 Å². The van der Waals surface area contributed by atoms with Gasteiger partial charge in [0, 0.05) is 31.0 Å². The van der Waals surface area contributed by atoms with E-state index in [-0.39, 0.29) is 17.9 Å². The molecular formula is C19H21FN2O3. The number of ether oxygens (including phenoxy) is 2. The molecule has 0 fully saturated rings. The van der Waals surface area contributed by atoms with Crippen LogP contribution in [-0.2, 0) is 11.2 Å². The van der Waals surface area contributed by atoms with Crippen LogP contribution in [0, 0.1) is 12.7 Å². The van der Waals surface area contributed by atoms with Crippen LogP contribution in [0.1, 0.15) is 11.1 Å². The molecule has 2 aromatic carbocycles. The molecule has 1 aliphatic heterocycles. The summed E-state index contributed by atoms with van der Waals surface area (Å²) in [6.45, 7) is 2.23. The predicted octanol–water partition coefficient (Wildman–Crippen LogP) is 3.75. The van der Waals surface area contributed by atoms with E-state index < -0.39 is 5.82 Å². The molecule has 1 heterocycles. The Kier molecular flexibility index (Phi) is 4.90. The van der Waals surface area contributed by atoms with Crippen molar-refractivity contribution in [2.45, 2.75) is 19.4 Å². The maximum Gasteiger partial charge on any atom is 0.326 e. The van der Waals surface area contributed by atoms with E-state index >= 15 is 0 Å². The fourth-order valence-corrected chi connectivity index (χ4v) is 3.04. The average Bonchev–Trinajstić information content (AvgIpc) is 2.63. The number of aryl methyl sites for hydroxylation is 1. The molecule has 0 radical (unpaired) electrons. The quantitative estimate of drug-likeness (QED) is 0.922. The van der Waals surface area contributed by atoms with Crippen molar-refractivity contribution in [1.82, 2.24) is 0 Å². The van der Waals surface area contributed by atoms with Gasteiger partial charge in [0.05, 0.1) is 19.8 Å². The summed E-state index contributed by atoms with van der Waals surface area (Å²) in [5.41, 5.74) is 3.04. The van der Waals surface area contributed by atoms with Crippen molar-refractivity contribution in [2.24, 2.45) is 0 Å². The Bertz CT molecular complexity index is 794. The summed E-state index contributed by atoms with van der Waals surface area (Å²) in [6.07, 6.45) is 0.682. The van der Waals surface area contributed by atoms with Crippen molar-refractivity contribution in [3.05, 3.63) is 53.3 Å². The number of rotatable bonds is 3. The minimum atomic E-state index is -0.516. The largest absolute Gasteiger partial charge is 0.494 e. The molecular weight excluding hydrogens is 323 g/mol. The lowest BCUT2D eigenvalue weighted by Gasteiger charge is -2.34. The van der Waals surface area contributed by atoms with Crippen LogP contribution in [0.15, 0.2) is 36.4 Å². The van der Waals surface area contributed by atoms with Gasteiger partial charge in [0.25, 0.3) is 0 Å². The third-order valence-corrected chi connectivity index (χ3v) is 4.44. The number of carbonyl (C=O) groups is 1. The summed E-state index contributed by atoms with van der Waals surface area (Å²) in [6, 6.07) is 10.2. The number of nitrogens with one attached hydrogen (secondary N) is 1. The van der Waals surface area contributed by atoms with E-state index in [1.165, 1.54) is 13.2 Å². The maximum absolute atomic E-state index is 14.0. The van der Waals surface area contributed by atoms with Crippen LogP contribution in [0.2, 0.25) is 0 Å². The summed E-state index contributed by atoms with van der Waals surface area (Å²) in [5, 5.41) is 2.79. The molecule has 1 atom stereocenters. The molecule has 132 valence electrons.